The van der Waals surface area contributed by atoms with E-state index >= 15 is 0 Å². The van der Waals surface area contributed by atoms with Crippen molar-refractivity contribution < 1.29 is 23.5 Å². The fraction of sp³-hybridized carbons (Fsp3) is 0.391. The number of halogens is 1. The molecule has 2 aromatic heterocycles. The molecular weight excluding hydrogens is 450 g/mol. The van der Waals surface area contributed by atoms with E-state index < -0.39 is 5.97 Å². The highest BCUT2D eigenvalue weighted by atomic mass is 79.9. The molecule has 7 heteroatoms. The smallest absolute Gasteiger partial charge is 0.375 e. The van der Waals surface area contributed by atoms with Gasteiger partial charge in [-0.1, -0.05) is 15.9 Å². The van der Waals surface area contributed by atoms with Crippen LogP contribution in [0.3, 0.4) is 0 Å². The number of aryl methyl sites for hydroxylation is 2. The van der Waals surface area contributed by atoms with E-state index in [2.05, 4.69) is 20.5 Å². The third-order valence-corrected chi connectivity index (χ3v) is 6.20. The van der Waals surface area contributed by atoms with Gasteiger partial charge in [-0.3, -0.25) is 4.79 Å². The number of esters is 1. The van der Waals surface area contributed by atoms with Crippen LogP contribution in [0.2, 0.25) is 0 Å². The van der Waals surface area contributed by atoms with E-state index in [1.807, 2.05) is 32.0 Å². The highest BCUT2D eigenvalue weighted by Gasteiger charge is 2.24. The highest BCUT2D eigenvalue weighted by Crippen LogP contribution is 2.28. The van der Waals surface area contributed by atoms with Gasteiger partial charge in [-0.15, -0.1) is 0 Å². The molecule has 0 aliphatic carbocycles. The molecule has 30 heavy (non-hydrogen) atoms. The average Bonchev–Trinajstić information content (AvgIpc) is 3.42. The maximum absolute atomic E-state index is 12.7. The van der Waals surface area contributed by atoms with E-state index in [4.69, 9.17) is 13.9 Å². The predicted molar refractivity (Wildman–Crippen MR) is 116 cm³/mol. The van der Waals surface area contributed by atoms with Crippen molar-refractivity contribution in [1.82, 2.24) is 4.57 Å². The maximum atomic E-state index is 12.7. The third-order valence-electron chi connectivity index (χ3n) is 5.70. The Balaban J connectivity index is 1.46. The first-order valence-corrected chi connectivity index (χ1v) is 10.8. The molecule has 1 saturated heterocycles. The van der Waals surface area contributed by atoms with E-state index in [0.29, 0.717) is 16.7 Å². The average molecular weight is 474 g/mol. The minimum atomic E-state index is -0.638. The number of furan rings is 1. The summed E-state index contributed by atoms with van der Waals surface area (Å²) >= 11 is 3.42. The Morgan fingerprint density at radius 2 is 2.03 bits per heavy atom. The lowest BCUT2D eigenvalue weighted by atomic mass is 10.1. The largest absolute Gasteiger partial charge is 0.451 e. The van der Waals surface area contributed by atoms with Gasteiger partial charge in [-0.25, -0.2) is 4.79 Å². The Kier molecular flexibility index (Phi) is 5.84. The van der Waals surface area contributed by atoms with Crippen LogP contribution in [0.5, 0.6) is 0 Å². The summed E-state index contributed by atoms with van der Waals surface area (Å²) < 4.78 is 19.7. The monoisotopic (exact) mass is 473 g/mol. The van der Waals surface area contributed by atoms with Gasteiger partial charge in [0, 0.05) is 45.5 Å². The molecule has 0 radical (unpaired) electrons. The van der Waals surface area contributed by atoms with Crippen LogP contribution in [0, 0.1) is 20.8 Å². The van der Waals surface area contributed by atoms with Crippen molar-refractivity contribution in [3.8, 4) is 0 Å². The number of ether oxygens (including phenoxy) is 2. The van der Waals surface area contributed by atoms with E-state index in [-0.39, 0.29) is 24.3 Å². The summed E-state index contributed by atoms with van der Waals surface area (Å²) in [5.41, 5.74) is 3.74. The number of carbonyl (C=O) groups excluding carboxylic acids is 2. The molecule has 0 amide bonds. The molecular formula is C23H24BrNO5. The summed E-state index contributed by atoms with van der Waals surface area (Å²) in [7, 11) is 0. The minimum Gasteiger partial charge on any atom is -0.451 e. The predicted octanol–water partition coefficient (Wildman–Crippen LogP) is 5.14. The topological polar surface area (TPSA) is 70.7 Å². The van der Waals surface area contributed by atoms with Crippen LogP contribution in [0.25, 0.3) is 11.0 Å². The molecule has 0 saturated carbocycles. The minimum absolute atomic E-state index is 0.125. The maximum Gasteiger partial charge on any atom is 0.375 e. The van der Waals surface area contributed by atoms with Gasteiger partial charge in [0.1, 0.15) is 5.58 Å². The normalized spacial score (nSPS) is 16.3. The lowest BCUT2D eigenvalue weighted by Crippen LogP contribution is -2.18. The molecule has 0 unspecified atom stereocenters. The second kappa shape index (κ2) is 8.40. The van der Waals surface area contributed by atoms with Gasteiger partial charge >= 0.3 is 5.97 Å². The number of fused-ring (bicyclic) bond motifs is 1. The number of Topliss-reactive ketones (excluding diaryl/α,β-unsaturated/α-hetero) is 1. The lowest BCUT2D eigenvalue weighted by Gasteiger charge is -2.14. The summed E-state index contributed by atoms with van der Waals surface area (Å²) in [4.78, 5) is 25.3. The van der Waals surface area contributed by atoms with Crippen LogP contribution in [0.15, 0.2) is 33.2 Å². The second-order valence-electron chi connectivity index (χ2n) is 7.73. The van der Waals surface area contributed by atoms with Gasteiger partial charge in [0.15, 0.2) is 6.61 Å². The highest BCUT2D eigenvalue weighted by molar-refractivity contribution is 9.10. The molecule has 0 spiro atoms. The van der Waals surface area contributed by atoms with Crippen LogP contribution in [0.4, 0.5) is 0 Å². The van der Waals surface area contributed by atoms with Crippen LogP contribution < -0.4 is 0 Å². The first-order valence-electron chi connectivity index (χ1n) is 10.0. The molecule has 158 valence electrons. The van der Waals surface area contributed by atoms with Crippen molar-refractivity contribution >= 4 is 38.7 Å². The first kappa shape index (κ1) is 20.9. The summed E-state index contributed by atoms with van der Waals surface area (Å²) in [5, 5.41) is 0.834. The van der Waals surface area contributed by atoms with Crippen molar-refractivity contribution in [2.75, 3.05) is 13.2 Å². The number of nitrogens with zero attached hydrogens (tertiary/aromatic N) is 1. The molecule has 3 aromatic rings. The van der Waals surface area contributed by atoms with Gasteiger partial charge < -0.3 is 18.5 Å². The van der Waals surface area contributed by atoms with Crippen molar-refractivity contribution in [1.29, 1.82) is 0 Å². The number of carbonyl (C=O) groups is 2. The van der Waals surface area contributed by atoms with E-state index in [0.717, 1.165) is 47.2 Å². The molecule has 0 bridgehead atoms. The number of rotatable bonds is 6. The van der Waals surface area contributed by atoms with E-state index in [1.165, 1.54) is 0 Å². The number of ketones is 1. The van der Waals surface area contributed by atoms with Crippen LogP contribution in [-0.4, -0.2) is 35.6 Å². The van der Waals surface area contributed by atoms with E-state index in [9.17, 15) is 9.59 Å². The van der Waals surface area contributed by atoms with Crippen molar-refractivity contribution in [3.05, 3.63) is 57.0 Å². The Labute approximate surface area is 183 Å². The SMILES string of the molecule is Cc1c(C(=O)OCC(=O)c2cc(C)n(C[C@@H]3CCCO3)c2C)oc2ccc(Br)cc12. The molecule has 1 aliphatic heterocycles. The van der Waals surface area contributed by atoms with Gasteiger partial charge in [-0.2, -0.15) is 0 Å². The first-order chi connectivity index (χ1) is 14.3. The fourth-order valence-corrected chi connectivity index (χ4v) is 4.38. The molecule has 0 N–H and O–H groups in total. The van der Waals surface area contributed by atoms with Gasteiger partial charge in [-0.05, 0) is 57.9 Å². The summed E-state index contributed by atoms with van der Waals surface area (Å²) in [6.07, 6.45) is 2.29. The molecule has 1 aliphatic rings. The molecule has 1 atom stereocenters. The fourth-order valence-electron chi connectivity index (χ4n) is 4.02. The number of hydrogen-bond acceptors (Lipinski definition) is 5. The second-order valence-corrected chi connectivity index (χ2v) is 8.64. The number of benzene rings is 1. The quantitative estimate of drug-likeness (QED) is 0.366. The third kappa shape index (κ3) is 3.96. The van der Waals surface area contributed by atoms with E-state index in [1.54, 1.807) is 13.0 Å². The summed E-state index contributed by atoms with van der Waals surface area (Å²) in [6, 6.07) is 7.37. The van der Waals surface area contributed by atoms with Crippen molar-refractivity contribution in [2.24, 2.45) is 0 Å². The number of aromatic nitrogens is 1. The summed E-state index contributed by atoms with van der Waals surface area (Å²) in [6.45, 7) is 6.89. The van der Waals surface area contributed by atoms with Crippen molar-refractivity contribution in [3.63, 3.8) is 0 Å². The molecule has 4 rings (SSSR count). The van der Waals surface area contributed by atoms with Crippen LogP contribution in [0.1, 0.15) is 50.7 Å². The molecule has 3 heterocycles. The standard InChI is InChI=1S/C23H24BrNO5/c1-13-9-19(15(3)25(13)11-17-5-4-8-28-17)20(26)12-29-23(27)22-14(2)18-10-16(24)6-7-21(18)30-22/h6-7,9-10,17H,4-5,8,11-12H2,1-3H3/t17-/m0/s1. The Morgan fingerprint density at radius 1 is 1.23 bits per heavy atom. The Bertz CT molecular complexity index is 1120. The molecule has 6 nitrogen and oxygen atoms in total. The van der Waals surface area contributed by atoms with Crippen molar-refractivity contribution in [2.45, 2.75) is 46.3 Å². The zero-order chi connectivity index (χ0) is 21.4. The zero-order valence-electron chi connectivity index (χ0n) is 17.3. The summed E-state index contributed by atoms with van der Waals surface area (Å²) in [5.74, 6) is -0.743. The Morgan fingerprint density at radius 3 is 2.77 bits per heavy atom. The van der Waals surface area contributed by atoms with Crippen LogP contribution >= 0.6 is 15.9 Å². The van der Waals surface area contributed by atoms with Gasteiger partial charge in [0.05, 0.1) is 6.10 Å². The zero-order valence-corrected chi connectivity index (χ0v) is 18.9. The molecule has 1 fully saturated rings. The number of hydrogen-bond donors (Lipinski definition) is 0. The van der Waals surface area contributed by atoms with Crippen LogP contribution in [-0.2, 0) is 16.0 Å². The Hall–Kier alpha value is -2.38. The lowest BCUT2D eigenvalue weighted by molar-refractivity contribution is 0.0445. The van der Waals surface area contributed by atoms with Gasteiger partial charge in [0.2, 0.25) is 11.5 Å². The van der Waals surface area contributed by atoms with Gasteiger partial charge in [0.25, 0.3) is 0 Å². The molecule has 1 aromatic carbocycles.